The van der Waals surface area contributed by atoms with E-state index in [-0.39, 0.29) is 0 Å². The van der Waals surface area contributed by atoms with E-state index in [0.717, 1.165) is 22.4 Å². The minimum atomic E-state index is 0.798. The molecule has 0 radical (unpaired) electrons. The highest BCUT2D eigenvalue weighted by molar-refractivity contribution is 5.88. The van der Waals surface area contributed by atoms with Gasteiger partial charge in [-0.15, -0.1) is 0 Å². The van der Waals surface area contributed by atoms with Gasteiger partial charge in [0.2, 0.25) is 0 Å². The summed E-state index contributed by atoms with van der Waals surface area (Å²) in [4.78, 5) is 8.53. The molecule has 0 bridgehead atoms. The van der Waals surface area contributed by atoms with Gasteiger partial charge in [-0.25, -0.2) is 9.97 Å². The Labute approximate surface area is 76.8 Å². The molecule has 2 aromatic heterocycles. The molecule has 3 nitrogen and oxygen atoms in total. The molecule has 0 saturated carbocycles. The van der Waals surface area contributed by atoms with Gasteiger partial charge < -0.3 is 5.32 Å². The fourth-order valence-electron chi connectivity index (χ4n) is 1.39. The van der Waals surface area contributed by atoms with Crippen LogP contribution in [-0.2, 0) is 0 Å². The minimum absolute atomic E-state index is 0.798. The van der Waals surface area contributed by atoms with E-state index in [2.05, 4.69) is 15.3 Å². The summed E-state index contributed by atoms with van der Waals surface area (Å²) < 4.78 is 0. The summed E-state index contributed by atoms with van der Waals surface area (Å²) in [5.41, 5.74) is 2.86. The second-order valence-electron chi connectivity index (χ2n) is 2.94. The SMILES string of the molecule is CNc1cc(C)nc2ncccc12. The maximum absolute atomic E-state index is 4.33. The summed E-state index contributed by atoms with van der Waals surface area (Å²) in [6, 6.07) is 5.95. The highest BCUT2D eigenvalue weighted by Gasteiger charge is 2.01. The van der Waals surface area contributed by atoms with Gasteiger partial charge in [0, 0.05) is 30.0 Å². The summed E-state index contributed by atoms with van der Waals surface area (Å²) in [5.74, 6) is 0. The van der Waals surface area contributed by atoms with Crippen LogP contribution in [0, 0.1) is 6.92 Å². The molecular formula is C10H11N3. The molecule has 13 heavy (non-hydrogen) atoms. The topological polar surface area (TPSA) is 37.8 Å². The molecule has 0 aliphatic rings. The molecule has 2 aromatic rings. The van der Waals surface area contributed by atoms with Gasteiger partial charge in [0.25, 0.3) is 0 Å². The van der Waals surface area contributed by atoms with Gasteiger partial charge in [-0.2, -0.15) is 0 Å². The van der Waals surface area contributed by atoms with Crippen LogP contribution in [0.5, 0.6) is 0 Å². The van der Waals surface area contributed by atoms with Crippen LogP contribution in [0.25, 0.3) is 11.0 Å². The maximum atomic E-state index is 4.33. The third kappa shape index (κ3) is 1.33. The van der Waals surface area contributed by atoms with Crippen LogP contribution in [0.4, 0.5) is 5.69 Å². The van der Waals surface area contributed by atoms with Crippen LogP contribution in [0.3, 0.4) is 0 Å². The van der Waals surface area contributed by atoms with E-state index in [4.69, 9.17) is 0 Å². The molecular weight excluding hydrogens is 162 g/mol. The predicted molar refractivity (Wildman–Crippen MR) is 53.8 cm³/mol. The van der Waals surface area contributed by atoms with Crippen LogP contribution >= 0.6 is 0 Å². The number of rotatable bonds is 1. The van der Waals surface area contributed by atoms with Crippen LogP contribution in [0.2, 0.25) is 0 Å². The minimum Gasteiger partial charge on any atom is -0.387 e. The zero-order valence-electron chi connectivity index (χ0n) is 7.70. The Balaban J connectivity index is 2.81. The first kappa shape index (κ1) is 7.98. The van der Waals surface area contributed by atoms with E-state index in [0.29, 0.717) is 0 Å². The molecule has 0 spiro atoms. The van der Waals surface area contributed by atoms with Crippen molar-refractivity contribution in [3.05, 3.63) is 30.1 Å². The molecule has 0 aromatic carbocycles. The first-order chi connectivity index (χ1) is 6.31. The lowest BCUT2D eigenvalue weighted by molar-refractivity contribution is 1.20. The molecule has 0 fully saturated rings. The number of aryl methyl sites for hydroxylation is 1. The third-order valence-electron chi connectivity index (χ3n) is 1.98. The number of hydrogen-bond donors (Lipinski definition) is 1. The molecule has 66 valence electrons. The van der Waals surface area contributed by atoms with Crippen molar-refractivity contribution in [1.82, 2.24) is 9.97 Å². The van der Waals surface area contributed by atoms with Crippen molar-refractivity contribution in [3.63, 3.8) is 0 Å². The lowest BCUT2D eigenvalue weighted by atomic mass is 10.2. The van der Waals surface area contributed by atoms with Crippen molar-refractivity contribution < 1.29 is 0 Å². The van der Waals surface area contributed by atoms with E-state index in [1.54, 1.807) is 6.20 Å². The van der Waals surface area contributed by atoms with Gasteiger partial charge in [-0.1, -0.05) is 0 Å². The highest BCUT2D eigenvalue weighted by Crippen LogP contribution is 2.20. The van der Waals surface area contributed by atoms with Crippen molar-refractivity contribution >= 4 is 16.7 Å². The Morgan fingerprint density at radius 3 is 3.00 bits per heavy atom. The maximum Gasteiger partial charge on any atom is 0.161 e. The standard InChI is InChI=1S/C10H11N3/c1-7-6-9(11-2)8-4-3-5-12-10(8)13-7/h3-6H,1-2H3,(H,11,12,13). The third-order valence-corrected chi connectivity index (χ3v) is 1.98. The van der Waals surface area contributed by atoms with Crippen LogP contribution in [0.1, 0.15) is 5.69 Å². The quantitative estimate of drug-likeness (QED) is 0.716. The Morgan fingerprint density at radius 1 is 1.38 bits per heavy atom. The lowest BCUT2D eigenvalue weighted by Gasteiger charge is -2.05. The number of fused-ring (bicyclic) bond motifs is 1. The van der Waals surface area contributed by atoms with E-state index in [1.807, 2.05) is 32.2 Å². The number of anilines is 1. The van der Waals surface area contributed by atoms with E-state index in [9.17, 15) is 0 Å². The van der Waals surface area contributed by atoms with Gasteiger partial charge in [0.1, 0.15) is 0 Å². The van der Waals surface area contributed by atoms with Crippen LogP contribution in [-0.4, -0.2) is 17.0 Å². The molecule has 0 amide bonds. The smallest absolute Gasteiger partial charge is 0.161 e. The van der Waals surface area contributed by atoms with E-state index >= 15 is 0 Å². The molecule has 0 aliphatic heterocycles. The molecule has 0 saturated heterocycles. The highest BCUT2D eigenvalue weighted by atomic mass is 14.9. The van der Waals surface area contributed by atoms with Gasteiger partial charge in [-0.3, -0.25) is 0 Å². The number of hydrogen-bond acceptors (Lipinski definition) is 3. The molecule has 1 N–H and O–H groups in total. The lowest BCUT2D eigenvalue weighted by Crippen LogP contribution is -1.94. The van der Waals surface area contributed by atoms with Crippen LogP contribution < -0.4 is 5.32 Å². The summed E-state index contributed by atoms with van der Waals surface area (Å²) in [6.07, 6.45) is 1.76. The monoisotopic (exact) mass is 173 g/mol. The summed E-state index contributed by atoms with van der Waals surface area (Å²) in [6.45, 7) is 1.97. The van der Waals surface area contributed by atoms with Crippen molar-refractivity contribution in [2.45, 2.75) is 6.92 Å². The fraction of sp³-hybridized carbons (Fsp3) is 0.200. The molecule has 3 heteroatoms. The van der Waals surface area contributed by atoms with Gasteiger partial charge in [0.15, 0.2) is 5.65 Å². The normalized spacial score (nSPS) is 10.3. The largest absolute Gasteiger partial charge is 0.387 e. The first-order valence-electron chi connectivity index (χ1n) is 4.21. The average Bonchev–Trinajstić information content (AvgIpc) is 2.16. The summed E-state index contributed by atoms with van der Waals surface area (Å²) in [7, 11) is 1.90. The van der Waals surface area contributed by atoms with Crippen molar-refractivity contribution in [3.8, 4) is 0 Å². The Kier molecular flexibility index (Phi) is 1.85. The predicted octanol–water partition coefficient (Wildman–Crippen LogP) is 1.98. The van der Waals surface area contributed by atoms with Crippen molar-refractivity contribution in [1.29, 1.82) is 0 Å². The van der Waals surface area contributed by atoms with E-state index in [1.165, 1.54) is 0 Å². The average molecular weight is 173 g/mol. The summed E-state index contributed by atoms with van der Waals surface area (Å²) >= 11 is 0. The molecule has 0 unspecified atom stereocenters. The van der Waals surface area contributed by atoms with E-state index < -0.39 is 0 Å². The van der Waals surface area contributed by atoms with Crippen molar-refractivity contribution in [2.75, 3.05) is 12.4 Å². The second-order valence-corrected chi connectivity index (χ2v) is 2.94. The molecule has 2 rings (SSSR count). The number of nitrogens with zero attached hydrogens (tertiary/aromatic N) is 2. The Hall–Kier alpha value is -1.64. The number of pyridine rings is 2. The van der Waals surface area contributed by atoms with Gasteiger partial charge in [-0.05, 0) is 25.1 Å². The number of nitrogens with one attached hydrogen (secondary N) is 1. The van der Waals surface area contributed by atoms with Gasteiger partial charge >= 0.3 is 0 Å². The van der Waals surface area contributed by atoms with Crippen molar-refractivity contribution in [2.24, 2.45) is 0 Å². The molecule has 2 heterocycles. The second kappa shape index (κ2) is 3.01. The zero-order chi connectivity index (χ0) is 9.26. The Morgan fingerprint density at radius 2 is 2.23 bits per heavy atom. The number of aromatic nitrogens is 2. The van der Waals surface area contributed by atoms with Gasteiger partial charge in [0.05, 0.1) is 0 Å². The summed E-state index contributed by atoms with van der Waals surface area (Å²) in [5, 5.41) is 4.20. The fourth-order valence-corrected chi connectivity index (χ4v) is 1.39. The zero-order valence-corrected chi connectivity index (χ0v) is 7.70. The van der Waals surface area contributed by atoms with Crippen LogP contribution in [0.15, 0.2) is 24.4 Å². The molecule has 0 atom stereocenters. The Bertz CT molecular complexity index is 437. The molecule has 0 aliphatic carbocycles. The first-order valence-corrected chi connectivity index (χ1v) is 4.21.